The third-order valence-corrected chi connectivity index (χ3v) is 6.11. The minimum Gasteiger partial charge on any atom is -0.870 e. The van der Waals surface area contributed by atoms with E-state index in [1.54, 1.807) is 29.4 Å². The molecule has 0 saturated carbocycles. The summed E-state index contributed by atoms with van der Waals surface area (Å²) < 4.78 is 27.5. The normalized spacial score (nSPS) is 10.7. The first kappa shape index (κ1) is 20.2. The van der Waals surface area contributed by atoms with Gasteiger partial charge in [-0.3, -0.25) is 4.72 Å². The molecule has 0 aliphatic carbocycles. The van der Waals surface area contributed by atoms with Crippen LogP contribution in [-0.2, 0) is 10.0 Å². The summed E-state index contributed by atoms with van der Waals surface area (Å²) in [6.07, 6.45) is 0. The van der Waals surface area contributed by atoms with Gasteiger partial charge in [0.1, 0.15) is 4.88 Å². The molecular weight excluding hydrogens is 392 g/mol. The van der Waals surface area contributed by atoms with Gasteiger partial charge in [-0.05, 0) is 17.7 Å². The van der Waals surface area contributed by atoms with E-state index < -0.39 is 16.0 Å². The van der Waals surface area contributed by atoms with E-state index in [1.807, 2.05) is 6.07 Å². The van der Waals surface area contributed by atoms with E-state index >= 15 is 0 Å². The van der Waals surface area contributed by atoms with Gasteiger partial charge in [-0.1, -0.05) is 42.5 Å². The number of carboxylic acids is 1. The maximum atomic E-state index is 12.6. The number of hydrogen-bond acceptors (Lipinski definition) is 6. The van der Waals surface area contributed by atoms with Gasteiger partial charge in [0, 0.05) is 21.0 Å². The quantitative estimate of drug-likeness (QED) is 0.572. The molecule has 2 aromatic carbocycles. The number of nitrogens with one attached hydrogen (secondary N) is 2. The highest BCUT2D eigenvalue weighted by molar-refractivity contribution is 7.92. The van der Waals surface area contributed by atoms with E-state index in [0.29, 0.717) is 4.88 Å². The third-order valence-electron chi connectivity index (χ3n) is 3.52. The smallest absolute Gasteiger partial charge is 0.348 e. The summed E-state index contributed by atoms with van der Waals surface area (Å²) in [5.74, 6) is -1.25. The molecule has 0 amide bonds. The zero-order valence-electron chi connectivity index (χ0n) is 13.6. The Labute approximate surface area is 158 Å². The van der Waals surface area contributed by atoms with Crippen LogP contribution in [0.5, 0.6) is 0 Å². The Bertz CT molecular complexity index is 1080. The van der Waals surface area contributed by atoms with Crippen molar-refractivity contribution in [2.75, 3.05) is 4.72 Å². The van der Waals surface area contributed by atoms with Crippen molar-refractivity contribution < 1.29 is 29.0 Å². The first-order valence-electron chi connectivity index (χ1n) is 7.35. The van der Waals surface area contributed by atoms with Crippen LogP contribution < -0.4 is 9.90 Å². The van der Waals surface area contributed by atoms with Crippen LogP contribution >= 0.6 is 11.3 Å². The highest BCUT2D eigenvalue weighted by atomic mass is 32.2. The summed E-state index contributed by atoms with van der Waals surface area (Å²) in [6.45, 7) is 0. The van der Waals surface area contributed by atoms with Crippen molar-refractivity contribution in [3.8, 4) is 10.4 Å². The van der Waals surface area contributed by atoms with Crippen molar-refractivity contribution in [3.05, 3.63) is 70.4 Å². The van der Waals surface area contributed by atoms with E-state index in [4.69, 9.17) is 0 Å². The topological polar surface area (TPSA) is 145 Å². The summed E-state index contributed by atoms with van der Waals surface area (Å²) in [7, 11) is -4.15. The van der Waals surface area contributed by atoms with Gasteiger partial charge >= 0.3 is 5.97 Å². The van der Waals surface area contributed by atoms with Gasteiger partial charge in [-0.25, -0.2) is 13.2 Å². The summed E-state index contributed by atoms with van der Waals surface area (Å²) in [4.78, 5) is 22.7. The number of hydrogen-bond donors (Lipinski definition) is 3. The molecule has 1 aromatic heterocycles. The van der Waals surface area contributed by atoms with Crippen LogP contribution in [-0.4, -0.2) is 25.0 Å². The first-order chi connectivity index (χ1) is 12.4. The van der Waals surface area contributed by atoms with Crippen molar-refractivity contribution in [2.24, 2.45) is 0 Å². The van der Waals surface area contributed by atoms with Gasteiger partial charge in [0.2, 0.25) is 0 Å². The van der Waals surface area contributed by atoms with Gasteiger partial charge in [-0.2, -0.15) is 0 Å². The van der Waals surface area contributed by atoms with Crippen molar-refractivity contribution in [1.82, 2.24) is 0 Å². The fourth-order valence-corrected chi connectivity index (χ4v) is 4.60. The summed E-state index contributed by atoms with van der Waals surface area (Å²) in [5, 5.41) is 11.0. The van der Waals surface area contributed by atoms with Crippen LogP contribution in [0.1, 0.15) is 9.67 Å². The van der Waals surface area contributed by atoms with Crippen LogP contribution in [0.4, 0.5) is 11.4 Å². The highest BCUT2D eigenvalue weighted by Crippen LogP contribution is 2.36. The zero-order chi connectivity index (χ0) is 18.7. The fraction of sp³-hybridized carbons (Fsp3) is 0. The molecule has 0 saturated heterocycles. The van der Waals surface area contributed by atoms with E-state index in [9.17, 15) is 23.2 Å². The average molecular weight is 406 g/mol. The van der Waals surface area contributed by atoms with Crippen LogP contribution in [0.15, 0.2) is 65.6 Å². The minimum atomic E-state index is -4.15. The van der Waals surface area contributed by atoms with Gasteiger partial charge in [-0.15, -0.1) is 11.3 Å². The number of anilines is 1. The highest BCUT2D eigenvalue weighted by Gasteiger charge is 2.26. The molecule has 8 nitrogen and oxygen atoms in total. The van der Waals surface area contributed by atoms with Crippen LogP contribution in [0, 0.1) is 4.91 Å². The maximum Gasteiger partial charge on any atom is 0.348 e. The lowest BCUT2D eigenvalue weighted by atomic mass is 10.2. The Balaban J connectivity index is 0.00000261. The van der Waals surface area contributed by atoms with E-state index in [1.165, 1.54) is 30.3 Å². The molecular formula is C17H14N2O6S2. The van der Waals surface area contributed by atoms with Crippen molar-refractivity contribution >= 4 is 38.7 Å². The third kappa shape index (κ3) is 4.19. The number of benzene rings is 2. The number of aromatic carboxylic acids is 1. The lowest BCUT2D eigenvalue weighted by molar-refractivity contribution is -0.382. The molecule has 0 atom stereocenters. The summed E-state index contributed by atoms with van der Waals surface area (Å²) in [6, 6.07) is 16.1. The Morgan fingerprint density at radius 2 is 1.67 bits per heavy atom. The molecule has 0 aliphatic heterocycles. The van der Waals surface area contributed by atoms with E-state index in [-0.39, 0.29) is 26.6 Å². The maximum absolute atomic E-state index is 12.6. The largest absolute Gasteiger partial charge is 0.870 e. The molecule has 0 radical (unpaired) electrons. The standard InChI is InChI=1S/C17H12N2O5S2.H2O/c20-17(21)16-13(10-14(25-16)11-6-2-1-3-7-11)19-26(23,24)15-9-5-4-8-12(15)18-22;/h1-10,19H,(H,20,21);1H2. The van der Waals surface area contributed by atoms with E-state index in [0.717, 1.165) is 16.9 Å². The Morgan fingerprint density at radius 3 is 2.30 bits per heavy atom. The molecule has 140 valence electrons. The number of nitroso groups, excluding NO2 is 1. The number of carbonyl (C=O) groups is 1. The lowest BCUT2D eigenvalue weighted by Crippen LogP contribution is -2.56. The number of rotatable bonds is 6. The second-order valence-corrected chi connectivity index (χ2v) is 7.93. The molecule has 0 spiro atoms. The summed E-state index contributed by atoms with van der Waals surface area (Å²) in [5.41, 5.74) is 0.588. The zero-order valence-corrected chi connectivity index (χ0v) is 15.3. The fourth-order valence-electron chi connectivity index (χ4n) is 2.36. The molecule has 3 aromatic rings. The SMILES string of the molecule is O=[NH+]c1ccccc1S(=O)(=O)Nc1cc(-c2ccccc2)sc1C(=O)O.[OH-]. The number of thiophene rings is 1. The van der Waals surface area contributed by atoms with Gasteiger partial charge in [0.25, 0.3) is 15.7 Å². The number of para-hydroxylation sites is 1. The lowest BCUT2D eigenvalue weighted by Gasteiger charge is -2.06. The molecule has 1 heterocycles. The molecule has 3 rings (SSSR count). The second kappa shape index (κ2) is 8.08. The van der Waals surface area contributed by atoms with Gasteiger partial charge in [0.05, 0.1) is 5.69 Å². The minimum absolute atomic E-state index is 0. The molecule has 0 unspecified atom stereocenters. The first-order valence-corrected chi connectivity index (χ1v) is 9.65. The summed E-state index contributed by atoms with van der Waals surface area (Å²) >= 11 is 0.963. The van der Waals surface area contributed by atoms with E-state index in [2.05, 4.69) is 4.72 Å². The van der Waals surface area contributed by atoms with Gasteiger partial charge in [0.15, 0.2) is 4.90 Å². The monoisotopic (exact) mass is 406 g/mol. The number of carboxylic acid groups (broad SMARTS) is 1. The number of sulfonamides is 1. The molecule has 0 aliphatic rings. The molecule has 0 fully saturated rings. The second-order valence-electron chi connectivity index (χ2n) is 5.23. The Morgan fingerprint density at radius 1 is 1.04 bits per heavy atom. The predicted molar refractivity (Wildman–Crippen MR) is 99.9 cm³/mol. The molecule has 4 N–H and O–H groups in total. The Kier molecular flexibility index (Phi) is 6.05. The molecule has 10 heteroatoms. The molecule has 27 heavy (non-hydrogen) atoms. The van der Waals surface area contributed by atoms with Crippen molar-refractivity contribution in [3.63, 3.8) is 0 Å². The van der Waals surface area contributed by atoms with Crippen molar-refractivity contribution in [1.29, 1.82) is 0 Å². The predicted octanol–water partition coefficient (Wildman–Crippen LogP) is 2.22. The van der Waals surface area contributed by atoms with Gasteiger partial charge < -0.3 is 10.6 Å². The Hall–Kier alpha value is -3.08. The van der Waals surface area contributed by atoms with Crippen LogP contribution in [0.2, 0.25) is 0 Å². The van der Waals surface area contributed by atoms with Crippen LogP contribution in [0.3, 0.4) is 0 Å². The average Bonchev–Trinajstić information content (AvgIpc) is 3.06. The molecule has 0 bridgehead atoms. The van der Waals surface area contributed by atoms with Crippen LogP contribution in [0.25, 0.3) is 10.4 Å². The van der Waals surface area contributed by atoms with Crippen molar-refractivity contribution in [2.45, 2.75) is 4.90 Å².